The van der Waals surface area contributed by atoms with E-state index in [4.69, 9.17) is 9.47 Å². The van der Waals surface area contributed by atoms with Crippen molar-refractivity contribution in [3.63, 3.8) is 0 Å². The van der Waals surface area contributed by atoms with Crippen LogP contribution in [0.1, 0.15) is 24.8 Å². The second-order valence-corrected chi connectivity index (χ2v) is 5.72. The zero-order valence-electron chi connectivity index (χ0n) is 14.1. The first-order chi connectivity index (χ1) is 11.4. The van der Waals surface area contributed by atoms with E-state index in [1.807, 2.05) is 0 Å². The molecule has 0 bridgehead atoms. The Morgan fingerprint density at radius 3 is 2.83 bits per heavy atom. The predicted octanol–water partition coefficient (Wildman–Crippen LogP) is 1.98. The van der Waals surface area contributed by atoms with Crippen LogP contribution in [0, 0.1) is 0 Å². The van der Waals surface area contributed by atoms with Crippen molar-refractivity contribution in [3.05, 3.63) is 35.9 Å². The molecule has 0 amide bonds. The molecule has 128 valence electrons. The summed E-state index contributed by atoms with van der Waals surface area (Å²) in [7, 11) is 1.79. The Morgan fingerprint density at radius 1 is 1.26 bits per heavy atom. The van der Waals surface area contributed by atoms with Gasteiger partial charge in [0.2, 0.25) is 0 Å². The Morgan fingerprint density at radius 2 is 2.09 bits per heavy atom. The van der Waals surface area contributed by atoms with E-state index in [0.717, 1.165) is 51.3 Å². The molecular formula is C18H29N3O2. The number of rotatable bonds is 9. The van der Waals surface area contributed by atoms with E-state index in [1.54, 1.807) is 7.05 Å². The van der Waals surface area contributed by atoms with Crippen LogP contribution < -0.4 is 10.6 Å². The number of hydrogen-bond acceptors (Lipinski definition) is 3. The van der Waals surface area contributed by atoms with Crippen molar-refractivity contribution in [2.75, 3.05) is 40.0 Å². The number of nitrogens with zero attached hydrogens (tertiary/aromatic N) is 1. The first-order valence-electron chi connectivity index (χ1n) is 8.56. The van der Waals surface area contributed by atoms with Crippen LogP contribution in [0.3, 0.4) is 0 Å². The topological polar surface area (TPSA) is 54.9 Å². The van der Waals surface area contributed by atoms with Gasteiger partial charge in [0, 0.05) is 26.7 Å². The van der Waals surface area contributed by atoms with E-state index < -0.39 is 0 Å². The highest BCUT2D eigenvalue weighted by molar-refractivity contribution is 5.79. The maximum absolute atomic E-state index is 5.63. The maximum Gasteiger partial charge on any atom is 0.191 e. The van der Waals surface area contributed by atoms with Crippen molar-refractivity contribution in [1.82, 2.24) is 10.6 Å². The van der Waals surface area contributed by atoms with Crippen LogP contribution in [0.15, 0.2) is 35.3 Å². The monoisotopic (exact) mass is 319 g/mol. The summed E-state index contributed by atoms with van der Waals surface area (Å²) in [4.78, 5) is 4.22. The molecule has 5 heteroatoms. The van der Waals surface area contributed by atoms with E-state index in [-0.39, 0.29) is 0 Å². The standard InChI is InChI=1S/C18H29N3O2/c1-19-18(20-11-5-9-16-7-3-2-4-8-16)21-12-14-22-15-17-10-6-13-23-17/h2-4,7-8,17H,5-6,9-15H2,1H3,(H2,19,20,21). The van der Waals surface area contributed by atoms with Gasteiger partial charge in [0.05, 0.1) is 19.3 Å². The number of aryl methyl sites for hydroxylation is 1. The molecule has 1 atom stereocenters. The molecule has 1 fully saturated rings. The molecule has 0 radical (unpaired) electrons. The Bertz CT molecular complexity index is 445. The van der Waals surface area contributed by atoms with Crippen molar-refractivity contribution in [1.29, 1.82) is 0 Å². The van der Waals surface area contributed by atoms with E-state index in [1.165, 1.54) is 5.56 Å². The average Bonchev–Trinajstić information content (AvgIpc) is 3.11. The molecule has 0 aliphatic carbocycles. The largest absolute Gasteiger partial charge is 0.377 e. The van der Waals surface area contributed by atoms with E-state index in [9.17, 15) is 0 Å². The molecule has 23 heavy (non-hydrogen) atoms. The van der Waals surface area contributed by atoms with Gasteiger partial charge in [-0.2, -0.15) is 0 Å². The zero-order chi connectivity index (χ0) is 16.2. The van der Waals surface area contributed by atoms with Gasteiger partial charge < -0.3 is 20.1 Å². The van der Waals surface area contributed by atoms with E-state index in [2.05, 4.69) is 46.0 Å². The molecule has 1 aliphatic rings. The summed E-state index contributed by atoms with van der Waals surface area (Å²) in [6, 6.07) is 10.5. The molecule has 0 saturated carbocycles. The van der Waals surface area contributed by atoms with Crippen LogP contribution in [0.2, 0.25) is 0 Å². The number of guanidine groups is 1. The third-order valence-electron chi connectivity index (χ3n) is 3.87. The minimum atomic E-state index is 0.297. The van der Waals surface area contributed by atoms with Crippen molar-refractivity contribution in [3.8, 4) is 0 Å². The minimum absolute atomic E-state index is 0.297. The number of nitrogens with one attached hydrogen (secondary N) is 2. The molecule has 2 N–H and O–H groups in total. The quantitative estimate of drug-likeness (QED) is 0.415. The van der Waals surface area contributed by atoms with Gasteiger partial charge >= 0.3 is 0 Å². The lowest BCUT2D eigenvalue weighted by molar-refractivity contribution is 0.0191. The second kappa shape index (κ2) is 11.0. The van der Waals surface area contributed by atoms with E-state index in [0.29, 0.717) is 19.3 Å². The Balaban J connectivity index is 1.48. The van der Waals surface area contributed by atoms with Crippen LogP contribution in [-0.4, -0.2) is 52.0 Å². The second-order valence-electron chi connectivity index (χ2n) is 5.72. The molecule has 0 aromatic heterocycles. The summed E-state index contributed by atoms with van der Waals surface area (Å²) >= 11 is 0. The normalized spacial score (nSPS) is 18.1. The summed E-state index contributed by atoms with van der Waals surface area (Å²) < 4.78 is 11.1. The smallest absolute Gasteiger partial charge is 0.191 e. The molecule has 1 saturated heterocycles. The average molecular weight is 319 g/mol. The number of hydrogen-bond donors (Lipinski definition) is 2. The summed E-state index contributed by atoms with van der Waals surface area (Å²) in [5.41, 5.74) is 1.37. The number of benzene rings is 1. The first kappa shape index (κ1) is 17.8. The number of ether oxygens (including phenoxy) is 2. The lowest BCUT2D eigenvalue weighted by atomic mass is 10.1. The highest BCUT2D eigenvalue weighted by atomic mass is 16.5. The fourth-order valence-electron chi connectivity index (χ4n) is 2.60. The van der Waals surface area contributed by atoms with Crippen LogP contribution >= 0.6 is 0 Å². The molecule has 0 spiro atoms. The molecule has 1 aromatic carbocycles. The van der Waals surface area contributed by atoms with Gasteiger partial charge in [0.15, 0.2) is 5.96 Å². The van der Waals surface area contributed by atoms with E-state index >= 15 is 0 Å². The first-order valence-corrected chi connectivity index (χ1v) is 8.56. The molecule has 1 aliphatic heterocycles. The molecule has 5 nitrogen and oxygen atoms in total. The summed E-state index contributed by atoms with van der Waals surface area (Å²) in [6.45, 7) is 3.91. The number of aliphatic imine (C=N–C) groups is 1. The Hall–Kier alpha value is -1.59. The van der Waals surface area contributed by atoms with Gasteiger partial charge in [0.25, 0.3) is 0 Å². The summed E-state index contributed by atoms with van der Waals surface area (Å²) in [5, 5.41) is 6.60. The fourth-order valence-corrected chi connectivity index (χ4v) is 2.60. The lowest BCUT2D eigenvalue weighted by Crippen LogP contribution is -2.39. The van der Waals surface area contributed by atoms with Crippen molar-refractivity contribution >= 4 is 5.96 Å². The van der Waals surface area contributed by atoms with Crippen LogP contribution in [0.5, 0.6) is 0 Å². The maximum atomic E-state index is 5.63. The molecular weight excluding hydrogens is 290 g/mol. The van der Waals surface area contributed by atoms with Gasteiger partial charge in [-0.25, -0.2) is 0 Å². The predicted molar refractivity (Wildman–Crippen MR) is 93.9 cm³/mol. The summed E-state index contributed by atoms with van der Waals surface area (Å²) in [5.74, 6) is 0.832. The van der Waals surface area contributed by atoms with Gasteiger partial charge in [-0.15, -0.1) is 0 Å². The molecule has 1 unspecified atom stereocenters. The minimum Gasteiger partial charge on any atom is -0.377 e. The van der Waals surface area contributed by atoms with Crippen LogP contribution in [0.4, 0.5) is 0 Å². The molecule has 1 heterocycles. The van der Waals surface area contributed by atoms with Gasteiger partial charge in [-0.05, 0) is 31.2 Å². The molecule has 1 aromatic rings. The van der Waals surface area contributed by atoms with Gasteiger partial charge in [-0.1, -0.05) is 30.3 Å². The Kier molecular flexibility index (Phi) is 8.51. The highest BCUT2D eigenvalue weighted by Crippen LogP contribution is 2.11. The van der Waals surface area contributed by atoms with Crippen LogP contribution in [0.25, 0.3) is 0 Å². The lowest BCUT2D eigenvalue weighted by Gasteiger charge is -2.13. The zero-order valence-corrected chi connectivity index (χ0v) is 14.1. The highest BCUT2D eigenvalue weighted by Gasteiger charge is 2.14. The van der Waals surface area contributed by atoms with Crippen LogP contribution in [-0.2, 0) is 15.9 Å². The molecule has 2 rings (SSSR count). The van der Waals surface area contributed by atoms with Crippen molar-refractivity contribution in [2.24, 2.45) is 4.99 Å². The van der Waals surface area contributed by atoms with Crippen molar-refractivity contribution in [2.45, 2.75) is 31.8 Å². The third kappa shape index (κ3) is 7.48. The van der Waals surface area contributed by atoms with Gasteiger partial charge in [-0.3, -0.25) is 4.99 Å². The van der Waals surface area contributed by atoms with Gasteiger partial charge in [0.1, 0.15) is 0 Å². The Labute approximate surface area is 139 Å². The van der Waals surface area contributed by atoms with Crippen molar-refractivity contribution < 1.29 is 9.47 Å². The fraction of sp³-hybridized carbons (Fsp3) is 0.611. The third-order valence-corrected chi connectivity index (χ3v) is 3.87. The summed E-state index contributed by atoms with van der Waals surface area (Å²) in [6.07, 6.45) is 4.74. The SMILES string of the molecule is CN=C(NCCCc1ccccc1)NCCOCC1CCCO1.